The smallest absolute Gasteiger partial charge is 0.124 e. The van der Waals surface area contributed by atoms with Crippen LogP contribution in [0.5, 0.6) is 5.75 Å². The molecule has 0 aromatic carbocycles. The van der Waals surface area contributed by atoms with Gasteiger partial charge < -0.3 is 5.11 Å². The molecule has 1 aromatic rings. The average molecular weight is 208 g/mol. The summed E-state index contributed by atoms with van der Waals surface area (Å²) in [6.45, 7) is 3.63. The highest BCUT2D eigenvalue weighted by Gasteiger charge is 2.05. The molecule has 0 saturated carbocycles. The molecule has 0 aliphatic carbocycles. The van der Waals surface area contributed by atoms with Gasteiger partial charge in [-0.1, -0.05) is 0 Å². The standard InChI is InChI=1S/C8H10ClNO.ClH/c1-5-4-10-7(3-9)6(2)8(5)11;/h4H,3H2,1-2H3,(H,10,11);1H. The maximum Gasteiger partial charge on any atom is 0.124 e. The van der Waals surface area contributed by atoms with Gasteiger partial charge in [0.2, 0.25) is 0 Å². The topological polar surface area (TPSA) is 33.1 Å². The van der Waals surface area contributed by atoms with Gasteiger partial charge in [0, 0.05) is 17.3 Å². The van der Waals surface area contributed by atoms with Crippen molar-refractivity contribution in [3.05, 3.63) is 23.0 Å². The van der Waals surface area contributed by atoms with Gasteiger partial charge in [-0.25, -0.2) is 0 Å². The van der Waals surface area contributed by atoms with Gasteiger partial charge in [0.25, 0.3) is 0 Å². The summed E-state index contributed by atoms with van der Waals surface area (Å²) < 4.78 is 0. The lowest BCUT2D eigenvalue weighted by atomic mass is 10.1. The Morgan fingerprint density at radius 2 is 2.08 bits per heavy atom. The van der Waals surface area contributed by atoms with Crippen molar-refractivity contribution in [2.75, 3.05) is 0 Å². The van der Waals surface area contributed by atoms with Crippen LogP contribution in [-0.4, -0.2) is 10.1 Å². The fourth-order valence-electron chi connectivity index (χ4n) is 0.900. The van der Waals surface area contributed by atoms with Crippen molar-refractivity contribution >= 4 is 24.0 Å². The van der Waals surface area contributed by atoms with Crippen LogP contribution in [0.15, 0.2) is 6.20 Å². The Kier molecular flexibility index (Phi) is 4.35. The Labute approximate surface area is 83.0 Å². The van der Waals surface area contributed by atoms with Crippen LogP contribution in [0.3, 0.4) is 0 Å². The first kappa shape index (κ1) is 11.5. The normalized spacial score (nSPS) is 9.25. The number of aromatic nitrogens is 1. The fraction of sp³-hybridized carbons (Fsp3) is 0.375. The van der Waals surface area contributed by atoms with Crippen molar-refractivity contribution in [2.45, 2.75) is 19.7 Å². The number of rotatable bonds is 1. The molecular weight excluding hydrogens is 197 g/mol. The van der Waals surface area contributed by atoms with Crippen molar-refractivity contribution < 1.29 is 5.11 Å². The molecule has 0 saturated heterocycles. The van der Waals surface area contributed by atoms with Gasteiger partial charge in [-0.2, -0.15) is 0 Å². The molecule has 0 aliphatic rings. The zero-order chi connectivity index (χ0) is 8.43. The van der Waals surface area contributed by atoms with Crippen LogP contribution >= 0.6 is 24.0 Å². The van der Waals surface area contributed by atoms with Gasteiger partial charge in [0.15, 0.2) is 0 Å². The van der Waals surface area contributed by atoms with Crippen molar-refractivity contribution in [1.29, 1.82) is 0 Å². The first-order valence-electron chi connectivity index (χ1n) is 3.36. The summed E-state index contributed by atoms with van der Waals surface area (Å²) in [6.07, 6.45) is 1.63. The zero-order valence-electron chi connectivity index (χ0n) is 6.97. The lowest BCUT2D eigenvalue weighted by Gasteiger charge is -2.05. The highest BCUT2D eigenvalue weighted by atomic mass is 35.5. The summed E-state index contributed by atoms with van der Waals surface area (Å²) in [6, 6.07) is 0. The Hall–Kier alpha value is -0.470. The van der Waals surface area contributed by atoms with Gasteiger partial charge in [0.1, 0.15) is 5.75 Å². The largest absolute Gasteiger partial charge is 0.507 e. The Morgan fingerprint density at radius 1 is 1.50 bits per heavy atom. The quantitative estimate of drug-likeness (QED) is 0.719. The van der Waals surface area contributed by atoms with Crippen LogP contribution in [0.25, 0.3) is 0 Å². The Morgan fingerprint density at radius 3 is 2.58 bits per heavy atom. The van der Waals surface area contributed by atoms with Crippen LogP contribution in [0.4, 0.5) is 0 Å². The second-order valence-electron chi connectivity index (χ2n) is 2.50. The predicted octanol–water partition coefficient (Wildman–Crippen LogP) is 2.56. The van der Waals surface area contributed by atoms with E-state index in [-0.39, 0.29) is 12.4 Å². The molecule has 0 fully saturated rings. The van der Waals surface area contributed by atoms with Crippen LogP contribution in [0.1, 0.15) is 16.8 Å². The van der Waals surface area contributed by atoms with Gasteiger partial charge in [-0.3, -0.25) is 4.98 Å². The minimum atomic E-state index is 0. The summed E-state index contributed by atoms with van der Waals surface area (Å²) >= 11 is 5.58. The summed E-state index contributed by atoms with van der Waals surface area (Å²) in [4.78, 5) is 4.07. The van der Waals surface area contributed by atoms with Gasteiger partial charge >= 0.3 is 0 Å². The van der Waals surface area contributed by atoms with E-state index in [1.165, 1.54) is 0 Å². The molecule has 1 aromatic heterocycles. The molecule has 0 aliphatic heterocycles. The van der Waals surface area contributed by atoms with E-state index in [2.05, 4.69) is 4.98 Å². The number of pyridine rings is 1. The number of nitrogens with zero attached hydrogens (tertiary/aromatic N) is 1. The van der Waals surface area contributed by atoms with E-state index in [0.717, 1.165) is 16.8 Å². The minimum Gasteiger partial charge on any atom is -0.507 e. The van der Waals surface area contributed by atoms with E-state index in [0.29, 0.717) is 11.6 Å². The molecule has 4 heteroatoms. The molecule has 0 unspecified atom stereocenters. The van der Waals surface area contributed by atoms with E-state index in [1.54, 1.807) is 6.20 Å². The molecule has 1 N–H and O–H groups in total. The van der Waals surface area contributed by atoms with Crippen LogP contribution in [0, 0.1) is 13.8 Å². The lowest BCUT2D eigenvalue weighted by molar-refractivity contribution is 0.465. The Balaban J connectivity index is 0.00000121. The molecule has 1 rings (SSSR count). The highest BCUT2D eigenvalue weighted by Crippen LogP contribution is 2.22. The number of alkyl halides is 1. The first-order valence-corrected chi connectivity index (χ1v) is 3.90. The number of aryl methyl sites for hydroxylation is 1. The van der Waals surface area contributed by atoms with E-state index < -0.39 is 0 Å². The average Bonchev–Trinajstić information content (AvgIpc) is 2.01. The molecular formula is C8H11Cl2NO. The zero-order valence-corrected chi connectivity index (χ0v) is 8.54. The number of halogens is 2. The molecule has 12 heavy (non-hydrogen) atoms. The third kappa shape index (κ3) is 2.02. The van der Waals surface area contributed by atoms with E-state index in [1.807, 2.05) is 13.8 Å². The van der Waals surface area contributed by atoms with Crippen LogP contribution < -0.4 is 0 Å². The first-order chi connectivity index (χ1) is 5.16. The molecule has 0 bridgehead atoms. The lowest BCUT2D eigenvalue weighted by Crippen LogP contribution is -1.92. The molecule has 2 nitrogen and oxygen atoms in total. The van der Waals surface area contributed by atoms with Gasteiger partial charge in [-0.15, -0.1) is 24.0 Å². The van der Waals surface area contributed by atoms with E-state index in [9.17, 15) is 5.11 Å². The summed E-state index contributed by atoms with van der Waals surface area (Å²) in [5, 5.41) is 9.42. The minimum absolute atomic E-state index is 0. The van der Waals surface area contributed by atoms with Gasteiger partial charge in [-0.05, 0) is 13.8 Å². The van der Waals surface area contributed by atoms with Crippen LogP contribution in [-0.2, 0) is 5.88 Å². The maximum absolute atomic E-state index is 9.42. The Bertz CT molecular complexity index is 276. The molecule has 0 spiro atoms. The van der Waals surface area contributed by atoms with Gasteiger partial charge in [0.05, 0.1) is 11.6 Å². The number of hydrogen-bond acceptors (Lipinski definition) is 2. The molecule has 68 valence electrons. The van der Waals surface area contributed by atoms with Crippen molar-refractivity contribution in [3.8, 4) is 5.75 Å². The monoisotopic (exact) mass is 207 g/mol. The molecule has 0 radical (unpaired) electrons. The number of hydrogen-bond donors (Lipinski definition) is 1. The fourth-order valence-corrected chi connectivity index (χ4v) is 1.17. The van der Waals surface area contributed by atoms with Crippen molar-refractivity contribution in [3.63, 3.8) is 0 Å². The summed E-state index contributed by atoms with van der Waals surface area (Å²) in [7, 11) is 0. The van der Waals surface area contributed by atoms with E-state index in [4.69, 9.17) is 11.6 Å². The highest BCUT2D eigenvalue weighted by molar-refractivity contribution is 6.17. The number of aromatic hydroxyl groups is 1. The summed E-state index contributed by atoms with van der Waals surface area (Å²) in [5.41, 5.74) is 2.31. The van der Waals surface area contributed by atoms with Crippen molar-refractivity contribution in [2.24, 2.45) is 0 Å². The second kappa shape index (κ2) is 4.53. The third-order valence-electron chi connectivity index (χ3n) is 1.70. The summed E-state index contributed by atoms with van der Waals surface area (Å²) in [5.74, 6) is 0.648. The maximum atomic E-state index is 9.42. The predicted molar refractivity (Wildman–Crippen MR) is 52.2 cm³/mol. The molecule has 0 amide bonds. The SMILES string of the molecule is Cc1cnc(CCl)c(C)c1O.Cl. The van der Waals surface area contributed by atoms with Crippen LogP contribution in [0.2, 0.25) is 0 Å². The van der Waals surface area contributed by atoms with E-state index >= 15 is 0 Å². The second-order valence-corrected chi connectivity index (χ2v) is 2.76. The third-order valence-corrected chi connectivity index (χ3v) is 1.96. The van der Waals surface area contributed by atoms with Crippen molar-refractivity contribution in [1.82, 2.24) is 4.98 Å². The molecule has 0 atom stereocenters. The molecule has 1 heterocycles.